The molecule has 0 atom stereocenters. The van der Waals surface area contributed by atoms with Crippen LogP contribution in [-0.4, -0.2) is 65.5 Å². The highest BCUT2D eigenvalue weighted by Crippen LogP contribution is 2.34. The predicted molar refractivity (Wildman–Crippen MR) is 134 cm³/mol. The van der Waals surface area contributed by atoms with Gasteiger partial charge in [0.2, 0.25) is 5.88 Å². The fourth-order valence-electron chi connectivity index (χ4n) is 3.87. The van der Waals surface area contributed by atoms with Gasteiger partial charge in [0.05, 0.1) is 37.4 Å². The van der Waals surface area contributed by atoms with E-state index in [2.05, 4.69) is 25.2 Å². The van der Waals surface area contributed by atoms with Gasteiger partial charge in [0.15, 0.2) is 0 Å². The van der Waals surface area contributed by atoms with Gasteiger partial charge >= 0.3 is 0 Å². The summed E-state index contributed by atoms with van der Waals surface area (Å²) in [6.45, 7) is 7.28. The van der Waals surface area contributed by atoms with Crippen LogP contribution in [0.4, 0.5) is 15.8 Å². The largest absolute Gasteiger partial charge is 0.474 e. The number of nitrogens with one attached hydrogen (secondary N) is 1. The Labute approximate surface area is 209 Å². The fraction of sp³-hybridized carbons (Fsp3) is 0.385. The van der Waals surface area contributed by atoms with Crippen molar-refractivity contribution in [1.82, 2.24) is 15.0 Å². The van der Waals surface area contributed by atoms with Crippen molar-refractivity contribution in [2.24, 2.45) is 0 Å². The van der Waals surface area contributed by atoms with Crippen LogP contribution in [0.1, 0.15) is 35.6 Å². The molecule has 0 radical (unpaired) electrons. The van der Waals surface area contributed by atoms with Crippen LogP contribution in [0.15, 0.2) is 42.9 Å². The third-order valence-corrected chi connectivity index (χ3v) is 5.80. The Morgan fingerprint density at radius 3 is 2.69 bits per heavy atom. The number of nitrogens with zero attached hydrogens (tertiary/aromatic N) is 4. The van der Waals surface area contributed by atoms with Crippen molar-refractivity contribution in [3.8, 4) is 17.0 Å². The molecule has 0 unspecified atom stereocenters. The summed E-state index contributed by atoms with van der Waals surface area (Å²) in [5.41, 5.74) is 2.48. The van der Waals surface area contributed by atoms with Crippen LogP contribution in [0.2, 0.25) is 0 Å². The van der Waals surface area contributed by atoms with Gasteiger partial charge in [-0.2, -0.15) is 0 Å². The smallest absolute Gasteiger partial charge is 0.255 e. The molecule has 0 saturated carbocycles. The second-order valence-corrected chi connectivity index (χ2v) is 8.93. The Hall–Kier alpha value is -3.63. The molecular formula is C26H30FN5O4. The van der Waals surface area contributed by atoms with E-state index in [0.29, 0.717) is 43.4 Å². The highest BCUT2D eigenvalue weighted by atomic mass is 19.1. The Morgan fingerprint density at radius 2 is 1.97 bits per heavy atom. The molecule has 4 rings (SSSR count). The summed E-state index contributed by atoms with van der Waals surface area (Å²) in [7, 11) is 0. The van der Waals surface area contributed by atoms with Crippen molar-refractivity contribution in [3.63, 3.8) is 0 Å². The first-order valence-electron chi connectivity index (χ1n) is 11.8. The number of anilines is 2. The summed E-state index contributed by atoms with van der Waals surface area (Å²) in [5, 5.41) is 12.0. The van der Waals surface area contributed by atoms with Gasteiger partial charge in [-0.3, -0.25) is 14.8 Å². The van der Waals surface area contributed by atoms with Crippen molar-refractivity contribution in [3.05, 3.63) is 59.8 Å². The zero-order valence-electron chi connectivity index (χ0n) is 20.6. The maximum atomic E-state index is 14.3. The molecule has 2 N–H and O–H groups in total. The number of rotatable bonds is 8. The number of carbonyl (C=O) groups excluding carboxylic acids is 1. The third kappa shape index (κ3) is 5.95. The van der Waals surface area contributed by atoms with Gasteiger partial charge in [-0.15, -0.1) is 0 Å². The Balaban J connectivity index is 1.62. The molecule has 4 heterocycles. The molecule has 10 heteroatoms. The highest BCUT2D eigenvalue weighted by Gasteiger charge is 2.22. The molecule has 1 saturated heterocycles. The predicted octanol–water partition coefficient (Wildman–Crippen LogP) is 3.51. The lowest BCUT2D eigenvalue weighted by molar-refractivity contribution is 0.102. The number of amides is 1. The summed E-state index contributed by atoms with van der Waals surface area (Å²) < 4.78 is 25.4. The number of hydrogen-bond donors (Lipinski definition) is 2. The minimum Gasteiger partial charge on any atom is -0.474 e. The summed E-state index contributed by atoms with van der Waals surface area (Å²) in [6.07, 6.45) is 4.68. The second kappa shape index (κ2) is 11.0. The molecule has 0 aliphatic carbocycles. The number of aromatic nitrogens is 3. The number of pyridine rings is 3. The molecule has 1 amide bonds. The molecule has 1 fully saturated rings. The zero-order chi connectivity index (χ0) is 25.7. The lowest BCUT2D eigenvalue weighted by atomic mass is 10.0. The number of ether oxygens (including phenoxy) is 2. The van der Waals surface area contributed by atoms with Crippen LogP contribution in [0.5, 0.6) is 5.88 Å². The van der Waals surface area contributed by atoms with Crippen molar-refractivity contribution >= 4 is 17.3 Å². The van der Waals surface area contributed by atoms with E-state index in [4.69, 9.17) is 9.47 Å². The quantitative estimate of drug-likeness (QED) is 0.489. The average molecular weight is 496 g/mol. The number of aryl methyl sites for hydroxylation is 1. The average Bonchev–Trinajstić information content (AvgIpc) is 2.88. The molecule has 190 valence electrons. The van der Waals surface area contributed by atoms with Crippen LogP contribution in [0, 0.1) is 6.92 Å². The topological polar surface area (TPSA) is 110 Å². The molecule has 3 aromatic rings. The van der Waals surface area contributed by atoms with Gasteiger partial charge in [-0.05, 0) is 45.0 Å². The number of aliphatic hydroxyl groups is 1. The zero-order valence-corrected chi connectivity index (χ0v) is 20.6. The van der Waals surface area contributed by atoms with Gasteiger partial charge < -0.3 is 24.8 Å². The van der Waals surface area contributed by atoms with Crippen LogP contribution in [0.3, 0.4) is 0 Å². The first-order chi connectivity index (χ1) is 17.3. The van der Waals surface area contributed by atoms with E-state index >= 15 is 0 Å². The van der Waals surface area contributed by atoms with Gasteiger partial charge in [0.1, 0.15) is 18.0 Å². The molecular weight excluding hydrogens is 465 g/mol. The Morgan fingerprint density at radius 1 is 1.19 bits per heavy atom. The summed E-state index contributed by atoms with van der Waals surface area (Å²) >= 11 is 0. The van der Waals surface area contributed by atoms with E-state index in [-0.39, 0.29) is 24.8 Å². The molecule has 0 aromatic carbocycles. The van der Waals surface area contributed by atoms with Crippen LogP contribution in [0.25, 0.3) is 11.1 Å². The SMILES string of the molecule is Cc1ncc(NC(=O)c2ccnc(C(C)(C)F)c2)cc1-c1cnc(OCCO)c(N2CCOCC2)c1. The maximum Gasteiger partial charge on any atom is 0.255 e. The number of carbonyl (C=O) groups is 1. The van der Waals surface area contributed by atoms with Crippen molar-refractivity contribution in [2.75, 3.05) is 49.7 Å². The standard InChI is InChI=1S/C26H30FN5O4/c1-17-21(19-12-22(32-6-9-35-10-7-32)25(30-15-19)36-11-8-33)14-20(16-29-17)31-24(34)18-4-5-28-23(13-18)26(2,3)27/h4-5,12-16,33H,6-11H2,1-3H3,(H,31,34). The molecule has 3 aromatic heterocycles. The number of morpholine rings is 1. The van der Waals surface area contributed by atoms with Crippen LogP contribution >= 0.6 is 0 Å². The molecule has 0 spiro atoms. The van der Waals surface area contributed by atoms with E-state index in [0.717, 1.165) is 22.5 Å². The minimum atomic E-state index is -1.66. The Bertz CT molecular complexity index is 1230. The highest BCUT2D eigenvalue weighted by molar-refractivity contribution is 6.04. The maximum absolute atomic E-state index is 14.3. The van der Waals surface area contributed by atoms with Gasteiger partial charge in [0.25, 0.3) is 5.91 Å². The van der Waals surface area contributed by atoms with Crippen molar-refractivity contribution in [1.29, 1.82) is 0 Å². The molecule has 1 aliphatic rings. The Kier molecular flexibility index (Phi) is 7.76. The van der Waals surface area contributed by atoms with E-state index in [1.807, 2.05) is 19.1 Å². The number of halogens is 1. The summed E-state index contributed by atoms with van der Waals surface area (Å²) in [4.78, 5) is 28.0. The van der Waals surface area contributed by atoms with E-state index < -0.39 is 5.67 Å². The monoisotopic (exact) mass is 495 g/mol. The molecule has 9 nitrogen and oxygen atoms in total. The van der Waals surface area contributed by atoms with Gasteiger partial charge in [0, 0.05) is 47.9 Å². The lowest BCUT2D eigenvalue weighted by Crippen LogP contribution is -2.36. The summed E-state index contributed by atoms with van der Waals surface area (Å²) in [5.74, 6) is 0.0495. The van der Waals surface area contributed by atoms with E-state index in [9.17, 15) is 14.3 Å². The normalized spacial score (nSPS) is 14.0. The number of alkyl halides is 1. The van der Waals surface area contributed by atoms with Crippen LogP contribution in [-0.2, 0) is 10.4 Å². The van der Waals surface area contributed by atoms with Gasteiger partial charge in [-0.25, -0.2) is 9.37 Å². The fourth-order valence-corrected chi connectivity index (χ4v) is 3.87. The first-order valence-corrected chi connectivity index (χ1v) is 11.8. The van der Waals surface area contributed by atoms with Crippen molar-refractivity contribution in [2.45, 2.75) is 26.4 Å². The van der Waals surface area contributed by atoms with E-state index in [1.54, 1.807) is 12.4 Å². The third-order valence-electron chi connectivity index (χ3n) is 5.80. The van der Waals surface area contributed by atoms with Crippen molar-refractivity contribution < 1.29 is 23.8 Å². The van der Waals surface area contributed by atoms with Crippen LogP contribution < -0.4 is 15.0 Å². The molecule has 0 bridgehead atoms. The minimum absolute atomic E-state index is 0.113. The van der Waals surface area contributed by atoms with E-state index in [1.165, 1.54) is 32.2 Å². The first kappa shape index (κ1) is 25.5. The number of aliphatic hydroxyl groups excluding tert-OH is 1. The summed E-state index contributed by atoms with van der Waals surface area (Å²) in [6, 6.07) is 6.78. The molecule has 1 aliphatic heterocycles. The molecule has 36 heavy (non-hydrogen) atoms. The number of hydrogen-bond acceptors (Lipinski definition) is 8. The lowest BCUT2D eigenvalue weighted by Gasteiger charge is -2.30. The van der Waals surface area contributed by atoms with Gasteiger partial charge in [-0.1, -0.05) is 0 Å². The second-order valence-electron chi connectivity index (χ2n) is 8.93.